The second kappa shape index (κ2) is 6.33. The van der Waals surface area contributed by atoms with E-state index in [-0.39, 0.29) is 11.9 Å². The van der Waals surface area contributed by atoms with Crippen LogP contribution in [-0.2, 0) is 9.47 Å². The Kier molecular flexibility index (Phi) is 4.21. The summed E-state index contributed by atoms with van der Waals surface area (Å²) in [6.45, 7) is 8.47. The fourth-order valence-corrected chi connectivity index (χ4v) is 9.56. The summed E-state index contributed by atoms with van der Waals surface area (Å²) in [7, 11) is 0. The molecule has 2 aliphatic heterocycles. The zero-order chi connectivity index (χ0) is 20.0. The number of hydrogen-bond acceptors (Lipinski definition) is 3. The second-order valence-electron chi connectivity index (χ2n) is 12.0. The second-order valence-corrected chi connectivity index (χ2v) is 12.0. The third-order valence-corrected chi connectivity index (χ3v) is 11.0. The monoisotopic (exact) mass is 400 g/mol. The number of rotatable bonds is 0. The molecule has 162 valence electrons. The van der Waals surface area contributed by atoms with Crippen LogP contribution in [0.15, 0.2) is 11.6 Å². The highest BCUT2D eigenvalue weighted by molar-refractivity contribution is 5.26. The molecule has 2 heterocycles. The molecule has 0 radical (unpaired) electrons. The van der Waals surface area contributed by atoms with E-state index in [9.17, 15) is 5.11 Å². The van der Waals surface area contributed by atoms with Crippen molar-refractivity contribution in [2.24, 2.45) is 40.4 Å². The molecule has 3 heteroatoms. The lowest BCUT2D eigenvalue weighted by Crippen LogP contribution is -2.52. The lowest BCUT2D eigenvalue weighted by molar-refractivity contribution is -0.264. The van der Waals surface area contributed by atoms with Crippen LogP contribution >= 0.6 is 0 Å². The maximum atomic E-state index is 10.2. The van der Waals surface area contributed by atoms with Gasteiger partial charge in [0.05, 0.1) is 18.8 Å². The summed E-state index contributed by atoms with van der Waals surface area (Å²) >= 11 is 0. The first-order valence-corrected chi connectivity index (χ1v) is 12.6. The normalized spacial score (nSPS) is 58.9. The third kappa shape index (κ3) is 2.47. The average Bonchev–Trinajstić information content (AvgIpc) is 3.14. The maximum absolute atomic E-state index is 10.2. The smallest absolute Gasteiger partial charge is 0.171 e. The van der Waals surface area contributed by atoms with Gasteiger partial charge in [0.1, 0.15) is 0 Å². The Morgan fingerprint density at radius 3 is 2.72 bits per heavy atom. The molecule has 3 saturated carbocycles. The van der Waals surface area contributed by atoms with Crippen LogP contribution in [0.4, 0.5) is 0 Å². The van der Waals surface area contributed by atoms with Gasteiger partial charge in [0.15, 0.2) is 5.79 Å². The van der Waals surface area contributed by atoms with Gasteiger partial charge in [-0.05, 0) is 92.3 Å². The first-order chi connectivity index (χ1) is 13.9. The standard InChI is InChI=1S/C26H40O3/c1-16-23-22(29-26(16)10-4-5-13-28-26)15-21-19-7-6-17-14-18(27)8-11-24(17,2)20(19)9-12-25(21,23)3/h6,16,18-23,27H,4-5,7-15H2,1-3H3/t16-,18-,19+,20-,21-,22-,23-,24-,25-,26-/m0/s1. The molecular formula is C26H40O3. The Hall–Kier alpha value is -0.380. The van der Waals surface area contributed by atoms with Gasteiger partial charge in [0, 0.05) is 12.3 Å². The minimum atomic E-state index is -0.274. The van der Waals surface area contributed by atoms with Gasteiger partial charge in [-0.1, -0.05) is 32.4 Å². The van der Waals surface area contributed by atoms with Gasteiger partial charge >= 0.3 is 0 Å². The topological polar surface area (TPSA) is 38.7 Å². The molecule has 6 rings (SSSR count). The molecule has 5 fully saturated rings. The van der Waals surface area contributed by atoms with Gasteiger partial charge in [-0.25, -0.2) is 0 Å². The van der Waals surface area contributed by atoms with Crippen LogP contribution in [-0.4, -0.2) is 29.7 Å². The number of hydrogen-bond donors (Lipinski definition) is 1. The van der Waals surface area contributed by atoms with Crippen molar-refractivity contribution in [3.05, 3.63) is 11.6 Å². The molecule has 2 saturated heterocycles. The zero-order valence-corrected chi connectivity index (χ0v) is 18.7. The molecule has 0 aromatic carbocycles. The Labute approximate surface area is 176 Å². The summed E-state index contributed by atoms with van der Waals surface area (Å²) in [5, 5.41) is 10.2. The van der Waals surface area contributed by atoms with Gasteiger partial charge in [-0.15, -0.1) is 0 Å². The van der Waals surface area contributed by atoms with Crippen molar-refractivity contribution in [3.8, 4) is 0 Å². The third-order valence-electron chi connectivity index (χ3n) is 11.0. The molecule has 0 bridgehead atoms. The molecule has 3 nitrogen and oxygen atoms in total. The molecule has 0 aromatic rings. The quantitative estimate of drug-likeness (QED) is 0.548. The van der Waals surface area contributed by atoms with Crippen molar-refractivity contribution < 1.29 is 14.6 Å². The Bertz CT molecular complexity index is 709. The summed E-state index contributed by atoms with van der Waals surface area (Å²) < 4.78 is 13.2. The minimum absolute atomic E-state index is 0.105. The van der Waals surface area contributed by atoms with E-state index in [2.05, 4.69) is 26.8 Å². The number of aliphatic hydroxyl groups excluding tert-OH is 1. The van der Waals surface area contributed by atoms with E-state index in [0.29, 0.717) is 28.8 Å². The van der Waals surface area contributed by atoms with Crippen molar-refractivity contribution in [1.82, 2.24) is 0 Å². The largest absolute Gasteiger partial charge is 0.393 e. The average molecular weight is 401 g/mol. The summed E-state index contributed by atoms with van der Waals surface area (Å²) in [5.41, 5.74) is 2.32. The highest BCUT2D eigenvalue weighted by atomic mass is 16.7. The van der Waals surface area contributed by atoms with Crippen LogP contribution in [0.3, 0.4) is 0 Å². The Morgan fingerprint density at radius 1 is 1.07 bits per heavy atom. The van der Waals surface area contributed by atoms with Crippen LogP contribution in [0.1, 0.15) is 85.0 Å². The Balaban J connectivity index is 1.30. The SMILES string of the molecule is C[C@H]1[C@H]2[C@H](C[C@H]3[C@@H]4CC=C5C[C@@H](O)CC[C@]5(C)[C@H]4CC[C@]23C)O[C@@]12CCCCO2. The summed E-state index contributed by atoms with van der Waals surface area (Å²) in [5.74, 6) is 3.32. The molecular weight excluding hydrogens is 360 g/mol. The summed E-state index contributed by atoms with van der Waals surface area (Å²) in [4.78, 5) is 0. The van der Waals surface area contributed by atoms with Crippen molar-refractivity contribution in [2.75, 3.05) is 6.61 Å². The number of allylic oxidation sites excluding steroid dienone is 1. The van der Waals surface area contributed by atoms with E-state index in [4.69, 9.17) is 9.47 Å². The molecule has 0 amide bonds. The number of fused-ring (bicyclic) bond motifs is 7. The fraction of sp³-hybridized carbons (Fsp3) is 0.923. The van der Waals surface area contributed by atoms with Gasteiger partial charge in [-0.2, -0.15) is 0 Å². The van der Waals surface area contributed by atoms with Gasteiger partial charge in [0.2, 0.25) is 0 Å². The zero-order valence-electron chi connectivity index (χ0n) is 18.7. The highest BCUT2D eigenvalue weighted by Crippen LogP contribution is 2.70. The van der Waals surface area contributed by atoms with Crippen molar-refractivity contribution in [1.29, 1.82) is 0 Å². The van der Waals surface area contributed by atoms with Crippen molar-refractivity contribution in [3.63, 3.8) is 0 Å². The van der Waals surface area contributed by atoms with Crippen LogP contribution in [0, 0.1) is 40.4 Å². The van der Waals surface area contributed by atoms with E-state index in [1.54, 1.807) is 5.57 Å². The van der Waals surface area contributed by atoms with Crippen molar-refractivity contribution in [2.45, 2.75) is 103 Å². The predicted molar refractivity (Wildman–Crippen MR) is 113 cm³/mol. The highest BCUT2D eigenvalue weighted by Gasteiger charge is 2.68. The minimum Gasteiger partial charge on any atom is -0.393 e. The van der Waals surface area contributed by atoms with E-state index < -0.39 is 0 Å². The fourth-order valence-electron chi connectivity index (χ4n) is 9.56. The van der Waals surface area contributed by atoms with Gasteiger partial charge in [-0.3, -0.25) is 0 Å². The van der Waals surface area contributed by atoms with E-state index in [1.807, 2.05) is 0 Å². The number of aliphatic hydroxyl groups is 1. The predicted octanol–water partition coefficient (Wildman–Crippen LogP) is 5.47. The molecule has 0 unspecified atom stereocenters. The van der Waals surface area contributed by atoms with Crippen molar-refractivity contribution >= 4 is 0 Å². The molecule has 0 aromatic heterocycles. The molecule has 1 N–H and O–H groups in total. The van der Waals surface area contributed by atoms with Gasteiger partial charge in [0.25, 0.3) is 0 Å². The lowest BCUT2D eigenvalue weighted by Gasteiger charge is -2.58. The van der Waals surface area contributed by atoms with Gasteiger partial charge < -0.3 is 14.6 Å². The molecule has 10 atom stereocenters. The van der Waals surface area contributed by atoms with E-state index in [0.717, 1.165) is 43.6 Å². The van der Waals surface area contributed by atoms with Crippen LogP contribution < -0.4 is 0 Å². The lowest BCUT2D eigenvalue weighted by atomic mass is 9.47. The van der Waals surface area contributed by atoms with E-state index >= 15 is 0 Å². The van der Waals surface area contributed by atoms with E-state index in [1.165, 1.54) is 44.9 Å². The maximum Gasteiger partial charge on any atom is 0.171 e. The first kappa shape index (κ1) is 19.3. The Morgan fingerprint density at radius 2 is 1.93 bits per heavy atom. The van der Waals surface area contributed by atoms with Crippen LogP contribution in [0.25, 0.3) is 0 Å². The summed E-state index contributed by atoms with van der Waals surface area (Å²) in [6, 6.07) is 0. The summed E-state index contributed by atoms with van der Waals surface area (Å²) in [6.07, 6.45) is 14.7. The van der Waals surface area contributed by atoms with Crippen LogP contribution in [0.5, 0.6) is 0 Å². The molecule has 6 aliphatic rings. The van der Waals surface area contributed by atoms with Crippen LogP contribution in [0.2, 0.25) is 0 Å². The first-order valence-electron chi connectivity index (χ1n) is 12.6. The molecule has 4 aliphatic carbocycles. The number of ether oxygens (including phenoxy) is 2. The molecule has 29 heavy (non-hydrogen) atoms. The molecule has 1 spiro atoms.